The van der Waals surface area contributed by atoms with Crippen molar-refractivity contribution < 1.29 is 9.59 Å². The Bertz CT molecular complexity index is 886. The highest BCUT2D eigenvalue weighted by molar-refractivity contribution is 7.18. The van der Waals surface area contributed by atoms with Gasteiger partial charge in [0.1, 0.15) is 11.4 Å². The summed E-state index contributed by atoms with van der Waals surface area (Å²) < 4.78 is 1.28. The van der Waals surface area contributed by atoms with Gasteiger partial charge in [-0.15, -0.1) is 11.3 Å². The summed E-state index contributed by atoms with van der Waals surface area (Å²) in [5.74, 6) is -0.635. The lowest BCUT2D eigenvalue weighted by Crippen LogP contribution is -2.40. The van der Waals surface area contributed by atoms with Crippen LogP contribution in [0, 0.1) is 13.8 Å². The minimum Gasteiger partial charge on any atom is -0.355 e. The summed E-state index contributed by atoms with van der Waals surface area (Å²) in [6.07, 6.45) is 2.24. The number of nitrogens with one attached hydrogen (secondary N) is 2. The van der Waals surface area contributed by atoms with Crippen LogP contribution in [-0.2, 0) is 16.1 Å². The molecule has 2 amide bonds. The normalized spacial score (nSPS) is 11.2. The predicted molar refractivity (Wildman–Crippen MR) is 112 cm³/mol. The van der Waals surface area contributed by atoms with Crippen molar-refractivity contribution in [2.75, 3.05) is 32.7 Å². The number of aryl methyl sites for hydroxylation is 2. The Kier molecular flexibility index (Phi) is 8.13. The van der Waals surface area contributed by atoms with Crippen molar-refractivity contribution in [2.24, 2.45) is 0 Å². The number of carbonyl (C=O) groups excluding carboxylic acids is 2. The van der Waals surface area contributed by atoms with E-state index < -0.39 is 5.91 Å². The Balaban J connectivity index is 1.80. The number of nitrogens with zero attached hydrogens (tertiary/aromatic N) is 3. The Hall–Kier alpha value is -2.26. The molecule has 0 fully saturated rings. The molecule has 0 saturated carbocycles. The standard InChI is InChI=1S/C19H29N5O3S/c1-5-23(6-2)9-7-8-20-15(25)10-21-16(26)11-24-12-22-18-17(19(24)27)13(3)14(4)28-18/h12H,5-11H2,1-4H3,(H,20,25)(H,21,26). The van der Waals surface area contributed by atoms with Crippen LogP contribution < -0.4 is 16.2 Å². The molecule has 8 nitrogen and oxygen atoms in total. The molecular weight excluding hydrogens is 378 g/mol. The fourth-order valence-corrected chi connectivity index (χ4v) is 3.89. The van der Waals surface area contributed by atoms with Crippen LogP contribution in [0.1, 0.15) is 30.7 Å². The molecule has 0 spiro atoms. The van der Waals surface area contributed by atoms with E-state index >= 15 is 0 Å². The average molecular weight is 408 g/mol. The van der Waals surface area contributed by atoms with Gasteiger partial charge in [-0.05, 0) is 45.5 Å². The Morgan fingerprint density at radius 3 is 2.57 bits per heavy atom. The minimum atomic E-state index is -0.397. The first-order valence-electron chi connectivity index (χ1n) is 9.58. The lowest BCUT2D eigenvalue weighted by atomic mass is 10.2. The second-order valence-electron chi connectivity index (χ2n) is 6.65. The van der Waals surface area contributed by atoms with Crippen molar-refractivity contribution in [2.45, 2.75) is 40.7 Å². The van der Waals surface area contributed by atoms with E-state index in [0.29, 0.717) is 16.8 Å². The SMILES string of the molecule is CCN(CC)CCCNC(=O)CNC(=O)Cn1cnc2sc(C)c(C)c2c1=O. The van der Waals surface area contributed by atoms with Crippen molar-refractivity contribution in [3.05, 3.63) is 27.1 Å². The lowest BCUT2D eigenvalue weighted by Gasteiger charge is -2.17. The van der Waals surface area contributed by atoms with Crippen molar-refractivity contribution in [3.8, 4) is 0 Å². The highest BCUT2D eigenvalue weighted by Crippen LogP contribution is 2.25. The maximum atomic E-state index is 12.6. The molecule has 0 bridgehead atoms. The summed E-state index contributed by atoms with van der Waals surface area (Å²) in [6, 6.07) is 0. The molecule has 2 N–H and O–H groups in total. The van der Waals surface area contributed by atoms with Crippen molar-refractivity contribution >= 4 is 33.4 Å². The van der Waals surface area contributed by atoms with Gasteiger partial charge >= 0.3 is 0 Å². The van der Waals surface area contributed by atoms with Crippen LogP contribution in [0.5, 0.6) is 0 Å². The van der Waals surface area contributed by atoms with E-state index in [1.165, 1.54) is 22.2 Å². The summed E-state index contributed by atoms with van der Waals surface area (Å²) in [7, 11) is 0. The number of aromatic nitrogens is 2. The Morgan fingerprint density at radius 2 is 1.89 bits per heavy atom. The second-order valence-corrected chi connectivity index (χ2v) is 7.85. The number of hydrogen-bond donors (Lipinski definition) is 2. The summed E-state index contributed by atoms with van der Waals surface area (Å²) in [5, 5.41) is 5.90. The van der Waals surface area contributed by atoms with Gasteiger partial charge in [0.05, 0.1) is 18.3 Å². The molecule has 2 aromatic heterocycles. The van der Waals surface area contributed by atoms with E-state index in [4.69, 9.17) is 0 Å². The molecule has 0 aliphatic rings. The van der Waals surface area contributed by atoms with Gasteiger partial charge in [0.15, 0.2) is 0 Å². The quantitative estimate of drug-likeness (QED) is 0.574. The number of thiophene rings is 1. The van der Waals surface area contributed by atoms with Gasteiger partial charge in [-0.2, -0.15) is 0 Å². The summed E-state index contributed by atoms with van der Waals surface area (Å²) in [6.45, 7) is 11.3. The van der Waals surface area contributed by atoms with Crippen molar-refractivity contribution in [3.63, 3.8) is 0 Å². The highest BCUT2D eigenvalue weighted by atomic mass is 32.1. The van der Waals surface area contributed by atoms with Crippen LogP contribution in [0.25, 0.3) is 10.2 Å². The third-order valence-corrected chi connectivity index (χ3v) is 5.90. The molecule has 0 aromatic carbocycles. The van der Waals surface area contributed by atoms with Gasteiger partial charge in [0.25, 0.3) is 5.56 Å². The molecule has 154 valence electrons. The molecule has 0 aliphatic carbocycles. The Morgan fingerprint density at radius 1 is 1.18 bits per heavy atom. The fourth-order valence-electron chi connectivity index (χ4n) is 2.90. The molecule has 0 unspecified atom stereocenters. The molecule has 28 heavy (non-hydrogen) atoms. The largest absolute Gasteiger partial charge is 0.355 e. The van der Waals surface area contributed by atoms with Gasteiger partial charge in [0.2, 0.25) is 11.8 Å². The van der Waals surface area contributed by atoms with Gasteiger partial charge < -0.3 is 15.5 Å². The first-order chi connectivity index (χ1) is 13.4. The zero-order chi connectivity index (χ0) is 20.7. The lowest BCUT2D eigenvalue weighted by molar-refractivity contribution is -0.126. The van der Waals surface area contributed by atoms with Gasteiger partial charge in [-0.25, -0.2) is 4.98 Å². The van der Waals surface area contributed by atoms with Crippen molar-refractivity contribution in [1.82, 2.24) is 25.1 Å². The molecule has 2 rings (SSSR count). The molecule has 0 saturated heterocycles. The van der Waals surface area contributed by atoms with Gasteiger partial charge in [0, 0.05) is 11.4 Å². The van der Waals surface area contributed by atoms with Crippen LogP contribution in [0.15, 0.2) is 11.1 Å². The van der Waals surface area contributed by atoms with Gasteiger partial charge in [-0.3, -0.25) is 19.0 Å². The summed E-state index contributed by atoms with van der Waals surface area (Å²) in [5.41, 5.74) is 0.666. The van der Waals surface area contributed by atoms with E-state index in [1.807, 2.05) is 13.8 Å². The molecule has 9 heteroatoms. The first-order valence-corrected chi connectivity index (χ1v) is 10.4. The zero-order valence-electron chi connectivity index (χ0n) is 17.0. The number of amides is 2. The maximum Gasteiger partial charge on any atom is 0.262 e. The maximum absolute atomic E-state index is 12.6. The molecule has 0 aliphatic heterocycles. The van der Waals surface area contributed by atoms with Crippen LogP contribution in [0.4, 0.5) is 0 Å². The zero-order valence-corrected chi connectivity index (χ0v) is 17.8. The third-order valence-electron chi connectivity index (χ3n) is 4.78. The van der Waals surface area contributed by atoms with E-state index in [1.54, 1.807) is 0 Å². The Labute approximate surface area is 168 Å². The number of fused-ring (bicyclic) bond motifs is 1. The van der Waals surface area contributed by atoms with Crippen LogP contribution in [0.2, 0.25) is 0 Å². The molecule has 0 atom stereocenters. The minimum absolute atomic E-state index is 0.106. The smallest absolute Gasteiger partial charge is 0.262 e. The average Bonchev–Trinajstić information content (AvgIpc) is 2.97. The predicted octanol–water partition coefficient (Wildman–Crippen LogP) is 1.04. The van der Waals surface area contributed by atoms with Gasteiger partial charge in [-0.1, -0.05) is 13.8 Å². The molecular formula is C19H29N5O3S. The van der Waals surface area contributed by atoms with Crippen LogP contribution in [-0.4, -0.2) is 59.0 Å². The van der Waals surface area contributed by atoms with E-state index in [2.05, 4.69) is 34.4 Å². The molecule has 2 heterocycles. The molecule has 0 radical (unpaired) electrons. The third kappa shape index (κ3) is 5.62. The second kappa shape index (κ2) is 10.3. The highest BCUT2D eigenvalue weighted by Gasteiger charge is 2.14. The van der Waals surface area contributed by atoms with E-state index in [0.717, 1.165) is 36.5 Å². The number of carbonyl (C=O) groups is 2. The number of rotatable bonds is 10. The van der Waals surface area contributed by atoms with E-state index in [9.17, 15) is 14.4 Å². The summed E-state index contributed by atoms with van der Waals surface area (Å²) >= 11 is 1.47. The van der Waals surface area contributed by atoms with E-state index in [-0.39, 0.29) is 24.6 Å². The summed E-state index contributed by atoms with van der Waals surface area (Å²) in [4.78, 5) is 44.8. The molecule has 2 aromatic rings. The monoisotopic (exact) mass is 407 g/mol. The number of hydrogen-bond acceptors (Lipinski definition) is 6. The first kappa shape index (κ1) is 22.0. The van der Waals surface area contributed by atoms with Crippen LogP contribution in [0.3, 0.4) is 0 Å². The topological polar surface area (TPSA) is 96.3 Å². The van der Waals surface area contributed by atoms with Crippen LogP contribution >= 0.6 is 11.3 Å². The fraction of sp³-hybridized carbons (Fsp3) is 0.579. The van der Waals surface area contributed by atoms with Crippen molar-refractivity contribution in [1.29, 1.82) is 0 Å².